The second-order valence-electron chi connectivity index (χ2n) is 6.97. The van der Waals surface area contributed by atoms with E-state index in [4.69, 9.17) is 25.8 Å². The third-order valence-corrected chi connectivity index (χ3v) is 5.51. The Bertz CT molecular complexity index is 879. The van der Waals surface area contributed by atoms with Gasteiger partial charge in [-0.25, -0.2) is 0 Å². The number of ether oxygens (including phenoxy) is 3. The van der Waals surface area contributed by atoms with Crippen LogP contribution in [0.5, 0.6) is 17.2 Å². The fourth-order valence-electron chi connectivity index (χ4n) is 3.70. The van der Waals surface area contributed by atoms with E-state index in [1.54, 1.807) is 27.4 Å². The molecule has 0 N–H and O–H groups in total. The van der Waals surface area contributed by atoms with Gasteiger partial charge < -0.3 is 24.0 Å². The van der Waals surface area contributed by atoms with Crippen LogP contribution in [0.2, 0.25) is 5.02 Å². The van der Waals surface area contributed by atoms with Crippen molar-refractivity contribution < 1.29 is 19.0 Å². The molecule has 29 heavy (non-hydrogen) atoms. The Labute approximate surface area is 176 Å². The zero-order chi connectivity index (χ0) is 21.0. The number of anilines is 1. The van der Waals surface area contributed by atoms with Gasteiger partial charge in [0.25, 0.3) is 0 Å². The number of carbonyl (C=O) groups is 1. The third kappa shape index (κ3) is 4.53. The molecule has 0 spiro atoms. The molecule has 7 heteroatoms. The van der Waals surface area contributed by atoms with Gasteiger partial charge in [-0.2, -0.15) is 0 Å². The normalized spacial score (nSPS) is 14.0. The van der Waals surface area contributed by atoms with Crippen molar-refractivity contribution in [1.82, 2.24) is 4.90 Å². The van der Waals surface area contributed by atoms with Gasteiger partial charge in [0.15, 0.2) is 11.5 Å². The predicted molar refractivity (Wildman–Crippen MR) is 115 cm³/mol. The van der Waals surface area contributed by atoms with Crippen molar-refractivity contribution >= 4 is 23.2 Å². The van der Waals surface area contributed by atoms with Crippen LogP contribution in [0.4, 0.5) is 5.69 Å². The number of nitrogens with zero attached hydrogens (tertiary/aromatic N) is 2. The van der Waals surface area contributed by atoms with E-state index in [1.165, 1.54) is 5.56 Å². The van der Waals surface area contributed by atoms with Crippen molar-refractivity contribution in [3.8, 4) is 17.2 Å². The summed E-state index contributed by atoms with van der Waals surface area (Å²) in [5, 5.41) is 0.727. The van der Waals surface area contributed by atoms with Crippen molar-refractivity contribution in [1.29, 1.82) is 0 Å². The maximum atomic E-state index is 12.9. The number of benzene rings is 2. The lowest BCUT2D eigenvalue weighted by molar-refractivity contribution is -0.130. The van der Waals surface area contributed by atoms with Crippen LogP contribution < -0.4 is 19.1 Å². The summed E-state index contributed by atoms with van der Waals surface area (Å²) in [5.41, 5.74) is 3.10. The highest BCUT2D eigenvalue weighted by molar-refractivity contribution is 6.30. The molecule has 1 aliphatic rings. The molecule has 6 nitrogen and oxygen atoms in total. The van der Waals surface area contributed by atoms with Crippen LogP contribution >= 0.6 is 11.6 Å². The zero-order valence-corrected chi connectivity index (χ0v) is 18.1. The van der Waals surface area contributed by atoms with Gasteiger partial charge in [-0.1, -0.05) is 23.7 Å². The summed E-state index contributed by atoms with van der Waals surface area (Å²) in [6, 6.07) is 9.56. The summed E-state index contributed by atoms with van der Waals surface area (Å²) in [6.07, 6.45) is 0.250. The van der Waals surface area contributed by atoms with Gasteiger partial charge in [0.05, 0.1) is 27.8 Å². The van der Waals surface area contributed by atoms with E-state index in [-0.39, 0.29) is 12.3 Å². The second-order valence-corrected chi connectivity index (χ2v) is 7.41. The van der Waals surface area contributed by atoms with E-state index in [9.17, 15) is 4.79 Å². The average Bonchev–Trinajstić information content (AvgIpc) is 2.75. The quantitative estimate of drug-likeness (QED) is 0.717. The van der Waals surface area contributed by atoms with Gasteiger partial charge >= 0.3 is 0 Å². The predicted octanol–water partition coefficient (Wildman–Crippen LogP) is 3.57. The fourth-order valence-corrected chi connectivity index (χ4v) is 3.86. The molecule has 1 amide bonds. The maximum Gasteiger partial charge on any atom is 0.227 e. The number of carbonyl (C=O) groups excluding carboxylic acids is 1. The van der Waals surface area contributed by atoms with Crippen LogP contribution in [0.1, 0.15) is 11.1 Å². The summed E-state index contributed by atoms with van der Waals surface area (Å²) in [6.45, 7) is 4.96. The highest BCUT2D eigenvalue weighted by Gasteiger charge is 2.24. The van der Waals surface area contributed by atoms with Gasteiger partial charge in [0.2, 0.25) is 11.7 Å². The Morgan fingerprint density at radius 1 is 0.966 bits per heavy atom. The van der Waals surface area contributed by atoms with E-state index in [1.807, 2.05) is 29.2 Å². The monoisotopic (exact) mass is 418 g/mol. The van der Waals surface area contributed by atoms with Crippen molar-refractivity contribution in [2.45, 2.75) is 13.3 Å². The Morgan fingerprint density at radius 3 is 2.28 bits per heavy atom. The molecule has 0 unspecified atom stereocenters. The van der Waals surface area contributed by atoms with Gasteiger partial charge in [0, 0.05) is 42.5 Å². The van der Waals surface area contributed by atoms with Gasteiger partial charge in [-0.3, -0.25) is 4.79 Å². The Balaban J connectivity index is 1.68. The molecular weight excluding hydrogens is 392 g/mol. The van der Waals surface area contributed by atoms with Crippen LogP contribution in [-0.2, 0) is 11.2 Å². The first-order chi connectivity index (χ1) is 14.0. The summed E-state index contributed by atoms with van der Waals surface area (Å²) in [4.78, 5) is 17.1. The molecule has 2 aromatic carbocycles. The van der Waals surface area contributed by atoms with Crippen LogP contribution in [0, 0.1) is 6.92 Å². The Hall–Kier alpha value is -2.60. The zero-order valence-electron chi connectivity index (χ0n) is 17.3. The van der Waals surface area contributed by atoms with Gasteiger partial charge in [-0.15, -0.1) is 0 Å². The summed E-state index contributed by atoms with van der Waals surface area (Å²) < 4.78 is 16.2. The second kappa shape index (κ2) is 9.27. The van der Waals surface area contributed by atoms with Crippen LogP contribution in [0.15, 0.2) is 30.3 Å². The first kappa shape index (κ1) is 21.1. The first-order valence-electron chi connectivity index (χ1n) is 9.55. The minimum atomic E-state index is 0.0676. The van der Waals surface area contributed by atoms with Crippen LogP contribution in [0.25, 0.3) is 0 Å². The molecule has 0 saturated carbocycles. The van der Waals surface area contributed by atoms with Crippen LogP contribution in [-0.4, -0.2) is 58.3 Å². The molecule has 0 atom stereocenters. The number of rotatable bonds is 6. The van der Waals surface area contributed by atoms with E-state index in [0.29, 0.717) is 30.3 Å². The summed E-state index contributed by atoms with van der Waals surface area (Å²) in [7, 11) is 4.70. The van der Waals surface area contributed by atoms with Gasteiger partial charge in [0.1, 0.15) is 0 Å². The molecular formula is C22H27ClN2O4. The van der Waals surface area contributed by atoms with Gasteiger partial charge in [-0.05, 0) is 30.7 Å². The number of methoxy groups -OCH3 is 3. The standard InChI is InChI=1S/C22H27ClN2O4/c1-15-5-7-17(23)14-18(15)24-9-11-25(12-10-24)20(26)13-16-6-8-19(27-2)22(29-4)21(16)28-3/h5-8,14H,9-13H2,1-4H3. The van der Waals surface area contributed by atoms with E-state index < -0.39 is 0 Å². The molecule has 1 saturated heterocycles. The molecule has 0 radical (unpaired) electrons. The number of hydrogen-bond acceptors (Lipinski definition) is 5. The Kier molecular flexibility index (Phi) is 6.75. The van der Waals surface area contributed by atoms with Crippen molar-refractivity contribution in [2.75, 3.05) is 52.4 Å². The molecule has 3 rings (SSSR count). The Morgan fingerprint density at radius 2 is 1.66 bits per heavy atom. The number of aryl methyl sites for hydroxylation is 1. The molecule has 0 bridgehead atoms. The maximum absolute atomic E-state index is 12.9. The SMILES string of the molecule is COc1ccc(CC(=O)N2CCN(c3cc(Cl)ccc3C)CC2)c(OC)c1OC. The highest BCUT2D eigenvalue weighted by atomic mass is 35.5. The minimum Gasteiger partial charge on any atom is -0.493 e. The third-order valence-electron chi connectivity index (χ3n) is 5.27. The lowest BCUT2D eigenvalue weighted by Gasteiger charge is -2.37. The smallest absolute Gasteiger partial charge is 0.227 e. The molecule has 156 valence electrons. The lowest BCUT2D eigenvalue weighted by Crippen LogP contribution is -2.49. The molecule has 1 aliphatic heterocycles. The van der Waals surface area contributed by atoms with E-state index in [2.05, 4.69) is 11.8 Å². The average molecular weight is 419 g/mol. The molecule has 0 aliphatic carbocycles. The van der Waals surface area contributed by atoms with Crippen LogP contribution in [0.3, 0.4) is 0 Å². The minimum absolute atomic E-state index is 0.0676. The lowest BCUT2D eigenvalue weighted by atomic mass is 10.1. The number of hydrogen-bond donors (Lipinski definition) is 0. The number of amides is 1. The highest BCUT2D eigenvalue weighted by Crippen LogP contribution is 2.40. The van der Waals surface area contributed by atoms with Crippen molar-refractivity contribution in [2.24, 2.45) is 0 Å². The first-order valence-corrected chi connectivity index (χ1v) is 9.93. The number of piperazine rings is 1. The van der Waals surface area contributed by atoms with Crippen molar-refractivity contribution in [3.63, 3.8) is 0 Å². The fraction of sp³-hybridized carbons (Fsp3) is 0.409. The molecule has 2 aromatic rings. The molecule has 1 fully saturated rings. The largest absolute Gasteiger partial charge is 0.493 e. The van der Waals surface area contributed by atoms with E-state index >= 15 is 0 Å². The topological polar surface area (TPSA) is 51.2 Å². The summed E-state index contributed by atoms with van der Waals surface area (Å²) >= 11 is 6.16. The summed E-state index contributed by atoms with van der Waals surface area (Å²) in [5.74, 6) is 1.68. The number of halogens is 1. The van der Waals surface area contributed by atoms with E-state index in [0.717, 1.165) is 29.4 Å². The van der Waals surface area contributed by atoms with Crippen molar-refractivity contribution in [3.05, 3.63) is 46.5 Å². The molecule has 1 heterocycles. The molecule has 0 aromatic heterocycles.